The Morgan fingerprint density at radius 1 is 1.57 bits per heavy atom. The van der Waals surface area contributed by atoms with Gasteiger partial charge >= 0.3 is 0 Å². The summed E-state index contributed by atoms with van der Waals surface area (Å²) in [5.74, 6) is -2.31. The number of hydrogen-bond acceptors (Lipinski definition) is 1. The minimum Gasteiger partial charge on any atom is -0.362 e. The maximum absolute atomic E-state index is 12.1. The van der Waals surface area contributed by atoms with Gasteiger partial charge in [-0.25, -0.2) is 4.39 Å². The molecule has 0 bridgehead atoms. The normalized spacial score (nSPS) is 19.7. The minimum absolute atomic E-state index is 0.313. The molecule has 1 atom stereocenters. The van der Waals surface area contributed by atoms with Crippen molar-refractivity contribution in [1.82, 2.24) is 0 Å². The van der Waals surface area contributed by atoms with Crippen LogP contribution in [0, 0.1) is 5.92 Å². The standard InChI is InChI=1S/C5H11FO/c1-4(2)5(3,6)7/h4,7H,1-3H3/t5-/m1/s1. The van der Waals surface area contributed by atoms with Crippen LogP contribution in [-0.2, 0) is 0 Å². The lowest BCUT2D eigenvalue weighted by Gasteiger charge is -2.15. The molecule has 1 nitrogen and oxygen atoms in total. The van der Waals surface area contributed by atoms with Crippen molar-refractivity contribution >= 4 is 0 Å². The molecule has 0 amide bonds. The van der Waals surface area contributed by atoms with Crippen molar-refractivity contribution in [1.29, 1.82) is 0 Å². The first-order valence-electron chi connectivity index (χ1n) is 2.36. The molecule has 1 N–H and O–H groups in total. The van der Waals surface area contributed by atoms with Crippen molar-refractivity contribution in [3.63, 3.8) is 0 Å². The highest BCUT2D eigenvalue weighted by molar-refractivity contribution is 4.60. The molecule has 2 heteroatoms. The van der Waals surface area contributed by atoms with Crippen LogP contribution in [0.15, 0.2) is 0 Å². The molecule has 0 radical (unpaired) electrons. The minimum atomic E-state index is -2.00. The fourth-order valence-electron chi connectivity index (χ4n) is 0. The van der Waals surface area contributed by atoms with E-state index in [9.17, 15) is 4.39 Å². The molecule has 0 aromatic carbocycles. The lowest BCUT2D eigenvalue weighted by atomic mass is 10.1. The van der Waals surface area contributed by atoms with Gasteiger partial charge in [-0.05, 0) is 6.92 Å². The molecule has 7 heavy (non-hydrogen) atoms. The van der Waals surface area contributed by atoms with Crippen LogP contribution in [0.2, 0.25) is 0 Å². The second-order valence-electron chi connectivity index (χ2n) is 2.18. The van der Waals surface area contributed by atoms with Crippen LogP contribution in [0.3, 0.4) is 0 Å². The summed E-state index contributed by atoms with van der Waals surface area (Å²) in [4.78, 5) is 0. The van der Waals surface area contributed by atoms with E-state index in [2.05, 4.69) is 0 Å². The SMILES string of the molecule is CC(C)[C@@](C)(O)F. The smallest absolute Gasteiger partial charge is 0.206 e. The second kappa shape index (κ2) is 1.78. The van der Waals surface area contributed by atoms with Gasteiger partial charge in [-0.15, -0.1) is 0 Å². The summed E-state index contributed by atoms with van der Waals surface area (Å²) in [6, 6.07) is 0. The molecular formula is C5H11FO. The molecule has 44 valence electrons. The van der Waals surface area contributed by atoms with E-state index in [4.69, 9.17) is 5.11 Å². The van der Waals surface area contributed by atoms with Gasteiger partial charge < -0.3 is 5.11 Å². The molecule has 0 aromatic heterocycles. The molecule has 0 spiro atoms. The largest absolute Gasteiger partial charge is 0.362 e. The van der Waals surface area contributed by atoms with Gasteiger partial charge in [0.2, 0.25) is 5.85 Å². The van der Waals surface area contributed by atoms with E-state index < -0.39 is 5.85 Å². The average Bonchev–Trinajstić information content (AvgIpc) is 1.31. The van der Waals surface area contributed by atoms with Crippen molar-refractivity contribution < 1.29 is 9.50 Å². The molecule has 0 rings (SSSR count). The third-order valence-corrected chi connectivity index (χ3v) is 1.05. The highest BCUT2D eigenvalue weighted by Gasteiger charge is 2.22. The highest BCUT2D eigenvalue weighted by atomic mass is 19.2. The number of rotatable bonds is 1. The van der Waals surface area contributed by atoms with Crippen LogP contribution in [-0.4, -0.2) is 11.0 Å². The maximum Gasteiger partial charge on any atom is 0.206 e. The van der Waals surface area contributed by atoms with Gasteiger partial charge in [0, 0.05) is 5.92 Å². The number of aliphatic hydroxyl groups is 1. The summed E-state index contributed by atoms with van der Waals surface area (Å²) in [5, 5.41) is 8.43. The van der Waals surface area contributed by atoms with E-state index in [1.54, 1.807) is 13.8 Å². The van der Waals surface area contributed by atoms with Crippen molar-refractivity contribution in [2.24, 2.45) is 5.92 Å². The van der Waals surface area contributed by atoms with E-state index in [0.29, 0.717) is 0 Å². The predicted molar refractivity (Wildman–Crippen MR) is 26.6 cm³/mol. The summed E-state index contributed by atoms with van der Waals surface area (Å²) in [7, 11) is 0. The quantitative estimate of drug-likeness (QED) is 0.534. The summed E-state index contributed by atoms with van der Waals surface area (Å²) in [5.41, 5.74) is 0. The van der Waals surface area contributed by atoms with Gasteiger partial charge in [0.15, 0.2) is 0 Å². The Balaban J connectivity index is 3.54. The maximum atomic E-state index is 12.1. The Bertz CT molecular complexity index is 53.6. The summed E-state index contributed by atoms with van der Waals surface area (Å²) >= 11 is 0. The Morgan fingerprint density at radius 3 is 1.71 bits per heavy atom. The third-order valence-electron chi connectivity index (χ3n) is 1.05. The summed E-state index contributed by atoms with van der Waals surface area (Å²) < 4.78 is 12.1. The Kier molecular flexibility index (Phi) is 1.75. The van der Waals surface area contributed by atoms with Crippen molar-refractivity contribution in [3.05, 3.63) is 0 Å². The number of halogens is 1. The zero-order valence-electron chi connectivity index (χ0n) is 4.90. The molecule has 0 fully saturated rings. The van der Waals surface area contributed by atoms with Gasteiger partial charge in [0.25, 0.3) is 0 Å². The van der Waals surface area contributed by atoms with Gasteiger partial charge in [-0.3, -0.25) is 0 Å². The Labute approximate surface area is 43.2 Å². The fourth-order valence-corrected chi connectivity index (χ4v) is 0. The fraction of sp³-hybridized carbons (Fsp3) is 1.00. The molecule has 0 heterocycles. The van der Waals surface area contributed by atoms with Crippen LogP contribution in [0.1, 0.15) is 20.8 Å². The zero-order chi connectivity index (χ0) is 6.08. The lowest BCUT2D eigenvalue weighted by Crippen LogP contribution is -2.23. The highest BCUT2D eigenvalue weighted by Crippen LogP contribution is 2.15. The monoisotopic (exact) mass is 106 g/mol. The van der Waals surface area contributed by atoms with E-state index in [-0.39, 0.29) is 5.92 Å². The Morgan fingerprint density at radius 2 is 1.71 bits per heavy atom. The first kappa shape index (κ1) is 6.89. The Hall–Kier alpha value is -0.110. The molecule has 0 aliphatic carbocycles. The van der Waals surface area contributed by atoms with Crippen LogP contribution in [0.4, 0.5) is 4.39 Å². The molecule has 0 aliphatic rings. The first-order valence-corrected chi connectivity index (χ1v) is 2.36. The van der Waals surface area contributed by atoms with Crippen molar-refractivity contribution in [2.75, 3.05) is 0 Å². The predicted octanol–water partition coefficient (Wildman–Crippen LogP) is 1.32. The zero-order valence-corrected chi connectivity index (χ0v) is 4.90. The topological polar surface area (TPSA) is 20.2 Å². The molecular weight excluding hydrogens is 95.1 g/mol. The molecule has 0 aliphatic heterocycles. The van der Waals surface area contributed by atoms with Gasteiger partial charge in [0.05, 0.1) is 0 Å². The first-order chi connectivity index (χ1) is 2.94. The van der Waals surface area contributed by atoms with E-state index >= 15 is 0 Å². The molecule has 0 aromatic rings. The summed E-state index contributed by atoms with van der Waals surface area (Å²) in [6.07, 6.45) is 0. The third kappa shape index (κ3) is 2.57. The summed E-state index contributed by atoms with van der Waals surface area (Å²) in [6.45, 7) is 4.40. The van der Waals surface area contributed by atoms with Gasteiger partial charge in [-0.1, -0.05) is 13.8 Å². The lowest BCUT2D eigenvalue weighted by molar-refractivity contribution is -0.107. The van der Waals surface area contributed by atoms with Crippen LogP contribution in [0.5, 0.6) is 0 Å². The van der Waals surface area contributed by atoms with Crippen molar-refractivity contribution in [3.8, 4) is 0 Å². The van der Waals surface area contributed by atoms with Gasteiger partial charge in [0.1, 0.15) is 0 Å². The van der Waals surface area contributed by atoms with E-state index in [1.807, 2.05) is 0 Å². The van der Waals surface area contributed by atoms with Crippen LogP contribution < -0.4 is 0 Å². The molecule has 0 saturated carbocycles. The van der Waals surface area contributed by atoms with Gasteiger partial charge in [-0.2, -0.15) is 0 Å². The van der Waals surface area contributed by atoms with Crippen molar-refractivity contribution in [2.45, 2.75) is 26.6 Å². The number of hydrogen-bond donors (Lipinski definition) is 1. The van der Waals surface area contributed by atoms with Crippen LogP contribution in [0.25, 0.3) is 0 Å². The molecule has 0 saturated heterocycles. The van der Waals surface area contributed by atoms with Crippen LogP contribution >= 0.6 is 0 Å². The van der Waals surface area contributed by atoms with E-state index in [0.717, 1.165) is 6.92 Å². The number of alkyl halides is 1. The van der Waals surface area contributed by atoms with E-state index in [1.165, 1.54) is 0 Å². The molecule has 0 unspecified atom stereocenters. The second-order valence-corrected chi connectivity index (χ2v) is 2.18. The average molecular weight is 106 g/mol.